The molecule has 1 heterocycles. The van der Waals surface area contributed by atoms with Crippen LogP contribution in [0.1, 0.15) is 99.3 Å². The van der Waals surface area contributed by atoms with Gasteiger partial charge in [-0.25, -0.2) is 4.79 Å². The van der Waals surface area contributed by atoms with Gasteiger partial charge in [-0.3, -0.25) is 28.8 Å². The molecule has 0 radical (unpaired) electrons. The fraction of sp³-hybridized carbons (Fsp3) is 0.725. The van der Waals surface area contributed by atoms with Gasteiger partial charge in [-0.05, 0) is 48.9 Å². The van der Waals surface area contributed by atoms with Crippen LogP contribution in [-0.2, 0) is 19.2 Å². The van der Waals surface area contributed by atoms with Crippen molar-refractivity contribution in [2.45, 2.75) is 123 Å². The molecule has 5 amide bonds. The molecule has 3 rings (SSSR count). The second-order valence-corrected chi connectivity index (χ2v) is 16.8. The van der Waals surface area contributed by atoms with Gasteiger partial charge in [0.2, 0.25) is 17.6 Å². The van der Waals surface area contributed by atoms with Gasteiger partial charge in [-0.15, -0.1) is 6.58 Å². The highest BCUT2D eigenvalue weighted by molar-refractivity contribution is 6.38. The molecule has 54 heavy (non-hydrogen) atoms. The van der Waals surface area contributed by atoms with E-state index in [1.165, 1.54) is 11.0 Å². The van der Waals surface area contributed by atoms with E-state index in [1.54, 1.807) is 30.9 Å². The van der Waals surface area contributed by atoms with Crippen molar-refractivity contribution < 1.29 is 24.0 Å². The Hall–Kier alpha value is -4.23. The number of hydrogen-bond acceptors (Lipinski definition) is 9. The molecule has 0 aromatic heterocycles. The average Bonchev–Trinajstić information content (AvgIpc) is 3.58. The monoisotopic (exact) mass is 755 g/mol. The highest BCUT2D eigenvalue weighted by Crippen LogP contribution is 2.34. The van der Waals surface area contributed by atoms with E-state index in [1.807, 2.05) is 41.5 Å². The van der Waals surface area contributed by atoms with E-state index in [0.29, 0.717) is 30.8 Å². The zero-order valence-electron chi connectivity index (χ0n) is 34.0. The van der Waals surface area contributed by atoms with Crippen molar-refractivity contribution in [1.29, 1.82) is 0 Å². The Morgan fingerprint density at radius 3 is 2.11 bits per heavy atom. The molecule has 1 aliphatic heterocycles. The summed E-state index contributed by atoms with van der Waals surface area (Å²) in [6.07, 6.45) is 8.58. The molecule has 4 N–H and O–H groups in total. The summed E-state index contributed by atoms with van der Waals surface area (Å²) in [5, 5.41) is 11.4. The minimum atomic E-state index is -1.05. The van der Waals surface area contributed by atoms with Crippen LogP contribution in [0.2, 0.25) is 0 Å². The molecular formula is C40H65N7O7. The lowest BCUT2D eigenvalue weighted by atomic mass is 9.83. The quantitative estimate of drug-likeness (QED) is 0.130. The predicted molar refractivity (Wildman–Crippen MR) is 212 cm³/mol. The van der Waals surface area contributed by atoms with Gasteiger partial charge < -0.3 is 36.0 Å². The molecule has 1 unspecified atom stereocenters. The lowest BCUT2D eigenvalue weighted by Gasteiger charge is -2.38. The maximum atomic E-state index is 14.6. The second-order valence-electron chi connectivity index (χ2n) is 16.8. The second kappa shape index (κ2) is 19.4. The van der Waals surface area contributed by atoms with Gasteiger partial charge in [0.1, 0.15) is 23.5 Å². The Balaban J connectivity index is 1.86. The van der Waals surface area contributed by atoms with E-state index >= 15 is 0 Å². The summed E-state index contributed by atoms with van der Waals surface area (Å²) < 4.78 is 0. The number of carbonyl (C=O) groups excluding carboxylic acids is 5. The molecular weight excluding hydrogens is 690 g/mol. The van der Waals surface area contributed by atoms with E-state index in [9.17, 15) is 33.6 Å². The maximum absolute atomic E-state index is 14.6. The van der Waals surface area contributed by atoms with Gasteiger partial charge in [-0.1, -0.05) is 79.7 Å². The predicted octanol–water partition coefficient (Wildman–Crippen LogP) is 2.87. The Morgan fingerprint density at radius 2 is 1.56 bits per heavy atom. The summed E-state index contributed by atoms with van der Waals surface area (Å²) in [5.41, 5.74) is -1.17. The number of likely N-dealkylation sites (tertiary alicyclic amines) is 1. The van der Waals surface area contributed by atoms with Gasteiger partial charge in [0.15, 0.2) is 0 Å². The summed E-state index contributed by atoms with van der Waals surface area (Å²) >= 11 is 0. The van der Waals surface area contributed by atoms with Gasteiger partial charge in [0.05, 0.1) is 12.1 Å². The van der Waals surface area contributed by atoms with Crippen LogP contribution in [0.3, 0.4) is 0 Å². The third-order valence-corrected chi connectivity index (χ3v) is 11.0. The van der Waals surface area contributed by atoms with Crippen LogP contribution >= 0.6 is 0 Å². The van der Waals surface area contributed by atoms with Crippen molar-refractivity contribution in [2.24, 2.45) is 23.2 Å². The standard InChI is InChI=1S/C40H65N7O7/c1-11-13-19-27(32(48)37(52)41-21-12-2)42-36(51)29-26(24(3)4)20-22-47(29)38(53)35(40(5,6)7)44-39(54)43-28(25-17-15-14-16-18-25)23-46(10)31-30(45(8)9)33(49)34(31)50/h12,24-29,35H,2,11,13-23H2,1,3-10H3,(H,41,52)(H,42,51)(H2,43,44,54)/t26-,27?,28-,29+,35-/m1/s1. The van der Waals surface area contributed by atoms with E-state index in [2.05, 4.69) is 27.8 Å². The third kappa shape index (κ3) is 10.7. The number of ketones is 1. The van der Waals surface area contributed by atoms with Gasteiger partial charge >= 0.3 is 6.03 Å². The van der Waals surface area contributed by atoms with Crippen LogP contribution in [-0.4, -0.2) is 99.4 Å². The molecule has 1 aliphatic carbocycles. The van der Waals surface area contributed by atoms with Gasteiger partial charge in [-0.2, -0.15) is 0 Å². The number of urea groups is 1. The number of anilines is 2. The maximum Gasteiger partial charge on any atom is 0.315 e. The number of Topliss-reactive ketones (excluding diaryl/α,β-unsaturated/α-hetero) is 1. The first-order valence-electron chi connectivity index (χ1n) is 19.7. The van der Waals surface area contributed by atoms with Crippen molar-refractivity contribution >= 4 is 40.9 Å². The Bertz CT molecular complexity index is 1570. The minimum Gasteiger partial charge on any atom is -0.373 e. The molecule has 14 heteroatoms. The largest absolute Gasteiger partial charge is 0.373 e. The van der Waals surface area contributed by atoms with Crippen LogP contribution < -0.4 is 41.9 Å². The molecule has 302 valence electrons. The van der Waals surface area contributed by atoms with Crippen molar-refractivity contribution in [3.05, 3.63) is 33.1 Å². The summed E-state index contributed by atoms with van der Waals surface area (Å²) in [6, 6.07) is -3.89. The van der Waals surface area contributed by atoms with Crippen molar-refractivity contribution in [3.63, 3.8) is 0 Å². The zero-order valence-corrected chi connectivity index (χ0v) is 34.0. The van der Waals surface area contributed by atoms with Crippen LogP contribution in [0.25, 0.3) is 0 Å². The fourth-order valence-corrected chi connectivity index (χ4v) is 7.97. The van der Waals surface area contributed by atoms with Crippen LogP contribution in [0.5, 0.6) is 0 Å². The first-order chi connectivity index (χ1) is 25.3. The first-order valence-corrected chi connectivity index (χ1v) is 19.7. The van der Waals surface area contributed by atoms with Gasteiger partial charge in [0.25, 0.3) is 16.8 Å². The first kappa shape index (κ1) is 44.2. The molecule has 5 atom stereocenters. The number of amides is 5. The van der Waals surface area contributed by atoms with Crippen LogP contribution in [0.15, 0.2) is 22.2 Å². The minimum absolute atomic E-state index is 0.0257. The topological polar surface area (TPSA) is 177 Å². The summed E-state index contributed by atoms with van der Waals surface area (Å²) in [6.45, 7) is 15.7. The van der Waals surface area contributed by atoms with Crippen molar-refractivity contribution in [3.8, 4) is 0 Å². The molecule has 1 saturated heterocycles. The molecule has 2 aliphatic rings. The van der Waals surface area contributed by atoms with Gasteiger partial charge in [0, 0.05) is 40.8 Å². The molecule has 0 bridgehead atoms. The lowest BCUT2D eigenvalue weighted by molar-refractivity contribution is -0.144. The van der Waals surface area contributed by atoms with Crippen molar-refractivity contribution in [2.75, 3.05) is 50.6 Å². The Labute approximate surface area is 320 Å². The van der Waals surface area contributed by atoms with E-state index < -0.39 is 63.9 Å². The number of rotatable bonds is 18. The molecule has 1 saturated carbocycles. The Morgan fingerprint density at radius 1 is 0.926 bits per heavy atom. The normalized spacial score (nSPS) is 19.5. The molecule has 14 nitrogen and oxygen atoms in total. The van der Waals surface area contributed by atoms with E-state index in [-0.39, 0.29) is 43.3 Å². The van der Waals surface area contributed by atoms with Crippen LogP contribution in [0, 0.1) is 23.2 Å². The molecule has 1 aromatic rings. The number of likely N-dealkylation sites (N-methyl/N-ethyl adjacent to an activating group) is 1. The summed E-state index contributed by atoms with van der Waals surface area (Å²) in [5.74, 6) is -2.52. The Kier molecular flexibility index (Phi) is 15.9. The number of carbonyl (C=O) groups is 5. The summed E-state index contributed by atoms with van der Waals surface area (Å²) in [4.78, 5) is 98.3. The van der Waals surface area contributed by atoms with Crippen molar-refractivity contribution in [1.82, 2.24) is 26.2 Å². The highest BCUT2D eigenvalue weighted by atomic mass is 16.2. The zero-order chi connectivity index (χ0) is 40.5. The van der Waals surface area contributed by atoms with E-state index in [4.69, 9.17) is 0 Å². The molecule has 2 fully saturated rings. The number of hydrogen-bond donors (Lipinski definition) is 4. The molecule has 0 spiro atoms. The average molecular weight is 756 g/mol. The lowest BCUT2D eigenvalue weighted by Crippen LogP contribution is -2.62. The highest BCUT2D eigenvalue weighted by Gasteiger charge is 2.48. The number of nitrogens with zero attached hydrogens (tertiary/aromatic N) is 3. The smallest absolute Gasteiger partial charge is 0.315 e. The summed E-state index contributed by atoms with van der Waals surface area (Å²) in [7, 11) is 5.18. The number of unbranched alkanes of at least 4 members (excludes halogenated alkanes) is 1. The molecule has 1 aromatic carbocycles. The van der Waals surface area contributed by atoms with Crippen LogP contribution in [0.4, 0.5) is 16.2 Å². The fourth-order valence-electron chi connectivity index (χ4n) is 7.97. The van der Waals surface area contributed by atoms with E-state index in [0.717, 1.165) is 38.5 Å². The SMILES string of the molecule is C=CCNC(=O)C(=O)C(CCCC)NC(=O)[C@@H]1[C@@H](C(C)C)CCN1C(=O)[C@@H](NC(=O)N[C@H](CN(C)c1c(N(C)C)c(=O)c1=O)C1CCCCC1)C(C)(C)C. The third-order valence-electron chi connectivity index (χ3n) is 11.0. The number of nitrogens with one attached hydrogen (secondary N) is 4.